The second kappa shape index (κ2) is 16.1. The molecule has 3 heterocycles. The lowest BCUT2D eigenvalue weighted by atomic mass is 9.66. The third-order valence-electron chi connectivity index (χ3n) is 13.5. The molecule has 49 heavy (non-hydrogen) atoms. The number of rotatable bonds is 7. The molecule has 0 amide bonds. The first-order valence-electron chi connectivity index (χ1n) is 19.9. The van der Waals surface area contributed by atoms with Crippen molar-refractivity contribution in [3.63, 3.8) is 0 Å². The van der Waals surface area contributed by atoms with Crippen LogP contribution in [0.3, 0.4) is 0 Å². The van der Waals surface area contributed by atoms with Crippen LogP contribution >= 0.6 is 0 Å². The number of esters is 1. The quantitative estimate of drug-likeness (QED) is 0.290. The minimum atomic E-state index is -0.843. The van der Waals surface area contributed by atoms with Crippen molar-refractivity contribution in [1.82, 2.24) is 0 Å². The third kappa shape index (κ3) is 8.02. The molecule has 3 saturated heterocycles. The molecule has 2 saturated carbocycles. The summed E-state index contributed by atoms with van der Waals surface area (Å²) in [6.07, 6.45) is 8.74. The fraction of sp³-hybridized carbons (Fsp3) is 0.900. The number of allylic oxidation sites excluding steroid dienone is 2. The molecule has 17 atom stereocenters. The van der Waals surface area contributed by atoms with Crippen molar-refractivity contribution in [3.8, 4) is 0 Å². The van der Waals surface area contributed by atoms with E-state index in [-0.39, 0.29) is 90.7 Å². The summed E-state index contributed by atoms with van der Waals surface area (Å²) < 4.78 is 37.7. The summed E-state index contributed by atoms with van der Waals surface area (Å²) in [5, 5.41) is 11.2. The molecule has 0 spiro atoms. The third-order valence-corrected chi connectivity index (χ3v) is 13.5. The molecule has 0 aromatic rings. The van der Waals surface area contributed by atoms with Crippen LogP contribution in [0.15, 0.2) is 11.6 Å². The van der Waals surface area contributed by atoms with E-state index in [4.69, 9.17) is 28.4 Å². The number of ether oxygens (including phenoxy) is 6. The average Bonchev–Trinajstić information content (AvgIpc) is 3.66. The maximum atomic E-state index is 14.6. The van der Waals surface area contributed by atoms with E-state index in [1.165, 1.54) is 0 Å². The van der Waals surface area contributed by atoms with Gasteiger partial charge in [-0.25, -0.2) is 0 Å². The first kappa shape index (κ1) is 37.4. The van der Waals surface area contributed by atoms with Gasteiger partial charge in [-0.2, -0.15) is 0 Å². The van der Waals surface area contributed by atoms with Gasteiger partial charge in [-0.05, 0) is 120 Å². The molecule has 0 aromatic carbocycles. The van der Waals surface area contributed by atoms with Gasteiger partial charge in [-0.1, -0.05) is 33.8 Å². The highest BCUT2D eigenvalue weighted by Crippen LogP contribution is 2.57. The molecular formula is C40H64O9. The lowest BCUT2D eigenvalue weighted by molar-refractivity contribution is -0.297. The van der Waals surface area contributed by atoms with Crippen LogP contribution in [0.4, 0.5) is 0 Å². The maximum absolute atomic E-state index is 14.6. The monoisotopic (exact) mass is 688 g/mol. The molecule has 3 aliphatic carbocycles. The van der Waals surface area contributed by atoms with Crippen LogP contribution in [0.1, 0.15) is 119 Å². The summed E-state index contributed by atoms with van der Waals surface area (Å²) in [6, 6.07) is 0. The molecule has 9 heteroatoms. The van der Waals surface area contributed by atoms with Crippen molar-refractivity contribution in [1.29, 1.82) is 0 Å². The van der Waals surface area contributed by atoms with Crippen LogP contribution in [-0.4, -0.2) is 78.8 Å². The van der Waals surface area contributed by atoms with E-state index in [2.05, 4.69) is 33.8 Å². The predicted molar refractivity (Wildman–Crippen MR) is 184 cm³/mol. The minimum absolute atomic E-state index is 0.0374. The Balaban J connectivity index is 1.20. The maximum Gasteiger partial charge on any atom is 0.306 e. The SMILES string of the molecule is CCO[C@@H]1[C@@H](C)[C@H](C)O[C@@H](O[C@@H]2C[C@H]3CC[C@@H]4[C@@H](C=C5C(=O)C(C)C(O[C@H]6CC[C@H](C)[C@@H](C)O6)CCC[C@H](CC)OC(=O)C[C@H]54)[C@@H]3C2)[C@@H]1O. The number of aliphatic hydroxyl groups is 1. The molecule has 5 fully saturated rings. The van der Waals surface area contributed by atoms with Crippen molar-refractivity contribution in [3.05, 3.63) is 11.6 Å². The van der Waals surface area contributed by atoms with Gasteiger partial charge < -0.3 is 33.5 Å². The van der Waals surface area contributed by atoms with Crippen LogP contribution in [0.2, 0.25) is 0 Å². The standard InChI is InChI=1S/C40H64O9/c1-8-27-11-10-12-34(49-36-16-13-21(3)24(6)45-36)23(5)37(42)33-19-31-29(32(33)20-35(41)47-27)15-14-26-17-28(18-30(26)31)48-40-38(43)39(44-9-2)22(4)25(7)46-40/h19,21-32,34,36,38-40,43H,8-18,20H2,1-7H3/t21-,22-,23?,24+,25-,26+,27-,28+,29+,30+,31+,32-,34?,36-,38+,39+,40-/m0/s1. The Hall–Kier alpha value is -1.36. The molecule has 3 aliphatic heterocycles. The lowest BCUT2D eigenvalue weighted by Crippen LogP contribution is -2.55. The van der Waals surface area contributed by atoms with Gasteiger partial charge in [-0.15, -0.1) is 0 Å². The summed E-state index contributed by atoms with van der Waals surface area (Å²) in [7, 11) is 0. The van der Waals surface area contributed by atoms with Crippen molar-refractivity contribution in [2.75, 3.05) is 6.61 Å². The first-order chi connectivity index (χ1) is 23.5. The van der Waals surface area contributed by atoms with Crippen LogP contribution in [0.25, 0.3) is 0 Å². The zero-order chi connectivity index (χ0) is 35.0. The van der Waals surface area contributed by atoms with Crippen molar-refractivity contribution in [2.45, 2.75) is 174 Å². The first-order valence-corrected chi connectivity index (χ1v) is 19.9. The molecular weight excluding hydrogens is 624 g/mol. The van der Waals surface area contributed by atoms with E-state index in [0.717, 1.165) is 69.8 Å². The Kier molecular flexibility index (Phi) is 12.3. The predicted octanol–water partition coefficient (Wildman–Crippen LogP) is 6.77. The molecule has 278 valence electrons. The van der Waals surface area contributed by atoms with Crippen LogP contribution in [-0.2, 0) is 38.0 Å². The number of carbonyl (C=O) groups excluding carboxylic acids is 2. The average molecular weight is 689 g/mol. The molecule has 0 aromatic heterocycles. The summed E-state index contributed by atoms with van der Waals surface area (Å²) in [6.45, 7) is 15.0. The zero-order valence-corrected chi connectivity index (χ0v) is 31.1. The second-order valence-electron chi connectivity index (χ2n) is 16.5. The number of ketones is 1. The zero-order valence-electron chi connectivity index (χ0n) is 31.1. The van der Waals surface area contributed by atoms with Crippen molar-refractivity contribution >= 4 is 11.8 Å². The highest BCUT2D eigenvalue weighted by molar-refractivity contribution is 5.99. The number of hydrogen-bond acceptors (Lipinski definition) is 9. The van der Waals surface area contributed by atoms with Crippen LogP contribution in [0, 0.1) is 47.3 Å². The van der Waals surface area contributed by atoms with Crippen LogP contribution in [0.5, 0.6) is 0 Å². The van der Waals surface area contributed by atoms with Gasteiger partial charge in [0.1, 0.15) is 12.2 Å². The van der Waals surface area contributed by atoms with Gasteiger partial charge in [0.05, 0.1) is 36.9 Å². The van der Waals surface area contributed by atoms with Gasteiger partial charge in [-0.3, -0.25) is 9.59 Å². The Morgan fingerprint density at radius 3 is 2.41 bits per heavy atom. The van der Waals surface area contributed by atoms with Crippen LogP contribution < -0.4 is 0 Å². The highest BCUT2D eigenvalue weighted by atomic mass is 16.7. The molecule has 0 bridgehead atoms. The Morgan fingerprint density at radius 2 is 1.67 bits per heavy atom. The highest BCUT2D eigenvalue weighted by Gasteiger charge is 2.53. The molecule has 6 aliphatic rings. The Labute approximate surface area is 294 Å². The van der Waals surface area contributed by atoms with E-state index in [9.17, 15) is 14.7 Å². The number of aliphatic hydroxyl groups excluding tert-OH is 1. The summed E-state index contributed by atoms with van der Waals surface area (Å²) in [5.41, 5.74) is 0.812. The molecule has 6 rings (SSSR count). The molecule has 2 unspecified atom stereocenters. The topological polar surface area (TPSA) is 110 Å². The number of carbonyl (C=O) groups is 2. The lowest BCUT2D eigenvalue weighted by Gasteiger charge is -2.42. The number of Topliss-reactive ketones (excluding diaryl/α,β-unsaturated/α-hetero) is 1. The van der Waals surface area contributed by atoms with Gasteiger partial charge in [0.2, 0.25) is 0 Å². The summed E-state index contributed by atoms with van der Waals surface area (Å²) in [5.74, 6) is 1.29. The van der Waals surface area contributed by atoms with E-state index in [1.807, 2.05) is 20.8 Å². The Bertz CT molecular complexity index is 1170. The smallest absolute Gasteiger partial charge is 0.306 e. The fourth-order valence-corrected chi connectivity index (χ4v) is 10.2. The normalized spacial score (nSPS) is 48.0. The fourth-order valence-electron chi connectivity index (χ4n) is 10.2. The van der Waals surface area contributed by atoms with Crippen molar-refractivity contribution < 1.29 is 43.1 Å². The van der Waals surface area contributed by atoms with E-state index >= 15 is 0 Å². The molecule has 9 nitrogen and oxygen atoms in total. The number of cyclic esters (lactones) is 1. The summed E-state index contributed by atoms with van der Waals surface area (Å²) in [4.78, 5) is 28.0. The van der Waals surface area contributed by atoms with Crippen molar-refractivity contribution in [2.24, 2.45) is 47.3 Å². The number of hydrogen-bond donors (Lipinski definition) is 1. The van der Waals surface area contributed by atoms with E-state index in [1.54, 1.807) is 0 Å². The summed E-state index contributed by atoms with van der Waals surface area (Å²) >= 11 is 0. The van der Waals surface area contributed by atoms with Gasteiger partial charge >= 0.3 is 5.97 Å². The van der Waals surface area contributed by atoms with Gasteiger partial charge in [0.15, 0.2) is 18.4 Å². The molecule has 1 N–H and O–H groups in total. The van der Waals surface area contributed by atoms with Gasteiger partial charge in [0, 0.05) is 24.4 Å². The minimum Gasteiger partial charge on any atom is -0.462 e. The molecule has 0 radical (unpaired) electrons. The second-order valence-corrected chi connectivity index (χ2v) is 16.5. The van der Waals surface area contributed by atoms with Gasteiger partial charge in [0.25, 0.3) is 0 Å². The van der Waals surface area contributed by atoms with E-state index in [0.29, 0.717) is 24.4 Å². The van der Waals surface area contributed by atoms with E-state index < -0.39 is 12.4 Å². The number of fused-ring (bicyclic) bond motifs is 5. The Morgan fingerprint density at radius 1 is 0.878 bits per heavy atom. The largest absolute Gasteiger partial charge is 0.462 e.